The predicted octanol–water partition coefficient (Wildman–Crippen LogP) is 3.25. The van der Waals surface area contributed by atoms with Crippen LogP contribution in [-0.2, 0) is 0 Å². The highest BCUT2D eigenvalue weighted by atomic mass is 32.2. The van der Waals surface area contributed by atoms with Crippen molar-refractivity contribution in [1.82, 2.24) is 5.32 Å². The van der Waals surface area contributed by atoms with Crippen LogP contribution >= 0.6 is 23.5 Å². The second kappa shape index (κ2) is 13.7. The van der Waals surface area contributed by atoms with Gasteiger partial charge in [-0.25, -0.2) is 0 Å². The Morgan fingerprint density at radius 2 is 1.71 bits per heavy atom. The zero-order valence-corrected chi connectivity index (χ0v) is 11.3. The summed E-state index contributed by atoms with van der Waals surface area (Å²) in [5.41, 5.74) is 0. The van der Waals surface area contributed by atoms with E-state index in [1.54, 1.807) is 0 Å². The summed E-state index contributed by atoms with van der Waals surface area (Å²) in [5, 5.41) is 3.49. The van der Waals surface area contributed by atoms with E-state index in [1.807, 2.05) is 23.5 Å². The quantitative estimate of drug-likeness (QED) is 0.552. The van der Waals surface area contributed by atoms with Crippen LogP contribution < -0.4 is 5.32 Å². The molecular weight excluding hydrogens is 210 g/mol. The lowest BCUT2D eigenvalue weighted by Gasteiger charge is -2.03. The molecule has 0 rings (SSSR count). The Labute approximate surface area is 98.2 Å². The van der Waals surface area contributed by atoms with Gasteiger partial charge in [0.2, 0.25) is 0 Å². The molecule has 0 aliphatic carbocycles. The molecular formula is C11H25NS2. The maximum Gasteiger partial charge on any atom is 0.00579 e. The third-order valence-electron chi connectivity index (χ3n) is 2.08. The molecule has 0 aromatic rings. The molecule has 0 fully saturated rings. The van der Waals surface area contributed by atoms with E-state index >= 15 is 0 Å². The monoisotopic (exact) mass is 235 g/mol. The minimum absolute atomic E-state index is 1.18. The Bertz CT molecular complexity index is 87.3. The van der Waals surface area contributed by atoms with Crippen LogP contribution in [0.4, 0.5) is 0 Å². The van der Waals surface area contributed by atoms with Crippen LogP contribution in [0.5, 0.6) is 0 Å². The first-order valence-electron chi connectivity index (χ1n) is 5.69. The van der Waals surface area contributed by atoms with Gasteiger partial charge >= 0.3 is 0 Å². The van der Waals surface area contributed by atoms with Gasteiger partial charge in [0.1, 0.15) is 0 Å². The summed E-state index contributed by atoms with van der Waals surface area (Å²) in [7, 11) is 0. The smallest absolute Gasteiger partial charge is 0.00579 e. The van der Waals surface area contributed by atoms with E-state index in [0.29, 0.717) is 0 Å². The maximum absolute atomic E-state index is 3.49. The van der Waals surface area contributed by atoms with Crippen LogP contribution in [0.25, 0.3) is 0 Å². The fourth-order valence-electron chi connectivity index (χ4n) is 1.26. The second-order valence-corrected chi connectivity index (χ2v) is 5.73. The summed E-state index contributed by atoms with van der Waals surface area (Å²) < 4.78 is 0. The molecule has 0 saturated heterocycles. The lowest BCUT2D eigenvalue weighted by Crippen LogP contribution is -2.18. The standard InChI is InChI=1S/C11H25NS2/c1-3-14-11-9-12-8-6-4-5-7-10-13-2/h12H,3-11H2,1-2H3. The summed E-state index contributed by atoms with van der Waals surface area (Å²) in [6.07, 6.45) is 7.74. The van der Waals surface area contributed by atoms with Gasteiger partial charge in [-0.15, -0.1) is 0 Å². The van der Waals surface area contributed by atoms with Crippen molar-refractivity contribution in [3.8, 4) is 0 Å². The van der Waals surface area contributed by atoms with Crippen molar-refractivity contribution < 1.29 is 0 Å². The van der Waals surface area contributed by atoms with E-state index < -0.39 is 0 Å². The summed E-state index contributed by atoms with van der Waals surface area (Å²) in [4.78, 5) is 0. The largest absolute Gasteiger partial charge is 0.316 e. The van der Waals surface area contributed by atoms with Gasteiger partial charge in [0, 0.05) is 12.3 Å². The van der Waals surface area contributed by atoms with Gasteiger partial charge in [0.05, 0.1) is 0 Å². The van der Waals surface area contributed by atoms with Crippen molar-refractivity contribution in [2.45, 2.75) is 32.6 Å². The average Bonchev–Trinajstić information content (AvgIpc) is 2.21. The van der Waals surface area contributed by atoms with Crippen LogP contribution in [-0.4, -0.2) is 36.6 Å². The topological polar surface area (TPSA) is 12.0 Å². The minimum Gasteiger partial charge on any atom is -0.316 e. The van der Waals surface area contributed by atoms with E-state index in [4.69, 9.17) is 0 Å². The average molecular weight is 235 g/mol. The van der Waals surface area contributed by atoms with E-state index in [-0.39, 0.29) is 0 Å². The molecule has 0 heterocycles. The SMILES string of the molecule is CCSCCNCCCCCCSC. The van der Waals surface area contributed by atoms with E-state index in [0.717, 1.165) is 0 Å². The number of thioether (sulfide) groups is 2. The molecule has 0 saturated carbocycles. The molecule has 0 bridgehead atoms. The molecule has 86 valence electrons. The van der Waals surface area contributed by atoms with E-state index in [1.165, 1.54) is 56.0 Å². The van der Waals surface area contributed by atoms with Crippen LogP contribution in [0.3, 0.4) is 0 Å². The first-order valence-corrected chi connectivity index (χ1v) is 8.24. The first kappa shape index (κ1) is 14.7. The number of nitrogens with one attached hydrogen (secondary N) is 1. The Hall–Kier alpha value is 0.660. The van der Waals surface area contributed by atoms with Crippen LogP contribution in [0.2, 0.25) is 0 Å². The van der Waals surface area contributed by atoms with Crippen molar-refractivity contribution >= 4 is 23.5 Å². The van der Waals surface area contributed by atoms with Gasteiger partial charge in [-0.05, 0) is 37.1 Å². The molecule has 3 heteroatoms. The van der Waals surface area contributed by atoms with Gasteiger partial charge in [-0.3, -0.25) is 0 Å². The molecule has 0 atom stereocenters. The second-order valence-electron chi connectivity index (χ2n) is 3.35. The molecule has 0 radical (unpaired) electrons. The van der Waals surface area contributed by atoms with E-state index in [2.05, 4.69) is 18.5 Å². The highest BCUT2D eigenvalue weighted by Crippen LogP contribution is 2.03. The van der Waals surface area contributed by atoms with Gasteiger partial charge in [-0.2, -0.15) is 23.5 Å². The van der Waals surface area contributed by atoms with Crippen molar-refractivity contribution in [2.24, 2.45) is 0 Å². The molecule has 0 amide bonds. The molecule has 0 aromatic carbocycles. The fraction of sp³-hybridized carbons (Fsp3) is 1.00. The number of hydrogen-bond donors (Lipinski definition) is 1. The van der Waals surface area contributed by atoms with Crippen molar-refractivity contribution in [2.75, 3.05) is 36.6 Å². The maximum atomic E-state index is 3.49. The van der Waals surface area contributed by atoms with Crippen molar-refractivity contribution in [1.29, 1.82) is 0 Å². The third kappa shape index (κ3) is 12.7. The normalized spacial score (nSPS) is 10.7. The molecule has 0 aromatic heterocycles. The Morgan fingerprint density at radius 1 is 0.929 bits per heavy atom. The Morgan fingerprint density at radius 3 is 2.43 bits per heavy atom. The van der Waals surface area contributed by atoms with Gasteiger partial charge in [0.15, 0.2) is 0 Å². The summed E-state index contributed by atoms with van der Waals surface area (Å²) >= 11 is 3.98. The first-order chi connectivity index (χ1) is 6.91. The molecule has 0 aliphatic rings. The number of unbranched alkanes of at least 4 members (excludes halogenated alkanes) is 3. The molecule has 0 aliphatic heterocycles. The van der Waals surface area contributed by atoms with Crippen LogP contribution in [0.1, 0.15) is 32.6 Å². The van der Waals surface area contributed by atoms with E-state index in [9.17, 15) is 0 Å². The highest BCUT2D eigenvalue weighted by molar-refractivity contribution is 7.99. The Balaban J connectivity index is 2.78. The Kier molecular flexibility index (Phi) is 14.3. The molecule has 0 unspecified atom stereocenters. The molecule has 14 heavy (non-hydrogen) atoms. The third-order valence-corrected chi connectivity index (χ3v) is 3.68. The lowest BCUT2D eigenvalue weighted by molar-refractivity contribution is 0.614. The highest BCUT2D eigenvalue weighted by Gasteiger charge is 1.90. The number of hydrogen-bond acceptors (Lipinski definition) is 3. The zero-order chi connectivity index (χ0) is 10.5. The summed E-state index contributed by atoms with van der Waals surface area (Å²) in [5.74, 6) is 3.85. The molecule has 0 spiro atoms. The number of rotatable bonds is 11. The zero-order valence-electron chi connectivity index (χ0n) is 9.68. The van der Waals surface area contributed by atoms with Gasteiger partial charge in [-0.1, -0.05) is 19.8 Å². The van der Waals surface area contributed by atoms with Crippen LogP contribution in [0, 0.1) is 0 Å². The minimum atomic E-state index is 1.18. The predicted molar refractivity (Wildman–Crippen MR) is 72.7 cm³/mol. The molecule has 1 nitrogen and oxygen atoms in total. The summed E-state index contributed by atoms with van der Waals surface area (Å²) in [6, 6.07) is 0. The molecule has 1 N–H and O–H groups in total. The van der Waals surface area contributed by atoms with Crippen LogP contribution in [0.15, 0.2) is 0 Å². The fourth-order valence-corrected chi connectivity index (χ4v) is 2.33. The lowest BCUT2D eigenvalue weighted by atomic mass is 10.2. The van der Waals surface area contributed by atoms with Crippen molar-refractivity contribution in [3.05, 3.63) is 0 Å². The van der Waals surface area contributed by atoms with Gasteiger partial charge < -0.3 is 5.32 Å². The summed E-state index contributed by atoms with van der Waals surface area (Å²) in [6.45, 7) is 4.61. The van der Waals surface area contributed by atoms with Crippen molar-refractivity contribution in [3.63, 3.8) is 0 Å². The van der Waals surface area contributed by atoms with Gasteiger partial charge in [0.25, 0.3) is 0 Å².